The van der Waals surface area contributed by atoms with E-state index in [2.05, 4.69) is 0 Å². The Morgan fingerprint density at radius 2 is 1.38 bits per heavy atom. The zero-order valence-electron chi connectivity index (χ0n) is 11.1. The van der Waals surface area contributed by atoms with Crippen LogP contribution in [0.5, 0.6) is 0 Å². The number of halogens is 5. The molecule has 0 aliphatic rings. The Bertz CT molecular complexity index is 947. The maximum Gasteiger partial charge on any atom is 0.301 e. The fourth-order valence-electron chi connectivity index (χ4n) is 1.96. The van der Waals surface area contributed by atoms with Crippen LogP contribution in [0.3, 0.4) is 0 Å². The second kappa shape index (κ2) is 5.79. The first-order valence-electron chi connectivity index (χ1n) is 5.75. The molecule has 0 radical (unpaired) electrons. The fourth-order valence-corrected chi connectivity index (χ4v) is 2.64. The second-order valence-corrected chi connectivity index (χ2v) is 5.72. The van der Waals surface area contributed by atoms with Crippen LogP contribution in [0.25, 0.3) is 11.1 Å². The largest absolute Gasteiger partial charge is 0.301 e. The maximum absolute atomic E-state index is 13.8. The molecular weight excluding hydrogens is 365 g/mol. The first-order valence-corrected chi connectivity index (χ1v) is 7.19. The highest BCUT2D eigenvalue weighted by Crippen LogP contribution is 2.39. The van der Waals surface area contributed by atoms with E-state index in [1.54, 1.807) is 0 Å². The standard InChI is InChI=1S/C12H4F5NO5S/c13-7-6(8(14)10(16)11(17)9(7)15)4-2-1-3-5(24(21,22)23)12(4)18(19)20/h1-3H,(H,21,22,23). The van der Waals surface area contributed by atoms with Gasteiger partial charge in [-0.2, -0.15) is 8.42 Å². The van der Waals surface area contributed by atoms with E-state index in [1.807, 2.05) is 0 Å². The van der Waals surface area contributed by atoms with Crippen molar-refractivity contribution in [2.75, 3.05) is 0 Å². The predicted molar refractivity (Wildman–Crippen MR) is 68.1 cm³/mol. The molecule has 6 nitrogen and oxygen atoms in total. The van der Waals surface area contributed by atoms with Crippen molar-refractivity contribution in [3.05, 3.63) is 57.4 Å². The van der Waals surface area contributed by atoms with Gasteiger partial charge in [0.25, 0.3) is 5.69 Å². The van der Waals surface area contributed by atoms with Gasteiger partial charge in [-0.25, -0.2) is 22.0 Å². The summed E-state index contributed by atoms with van der Waals surface area (Å²) in [6, 6.07) is 1.83. The lowest BCUT2D eigenvalue weighted by Gasteiger charge is -2.10. The van der Waals surface area contributed by atoms with Crippen molar-refractivity contribution < 1.29 is 39.8 Å². The van der Waals surface area contributed by atoms with Gasteiger partial charge in [-0.1, -0.05) is 6.07 Å². The SMILES string of the molecule is O=[N+]([O-])c1c(-c2c(F)c(F)c(F)c(F)c2F)cccc1S(=O)(=O)O. The number of hydrogen-bond acceptors (Lipinski definition) is 4. The second-order valence-electron chi connectivity index (χ2n) is 4.33. The Kier molecular flexibility index (Phi) is 4.29. The monoisotopic (exact) mass is 369 g/mol. The van der Waals surface area contributed by atoms with Gasteiger partial charge in [0, 0.05) is 0 Å². The number of nitro groups is 1. The molecule has 0 atom stereocenters. The molecule has 0 fully saturated rings. The molecule has 0 aliphatic heterocycles. The minimum absolute atomic E-state index is 0.531. The van der Waals surface area contributed by atoms with E-state index in [-0.39, 0.29) is 0 Å². The van der Waals surface area contributed by atoms with Crippen molar-refractivity contribution >= 4 is 15.8 Å². The molecule has 2 aromatic rings. The first-order chi connectivity index (χ1) is 11.0. The van der Waals surface area contributed by atoms with Gasteiger partial charge < -0.3 is 0 Å². The summed E-state index contributed by atoms with van der Waals surface area (Å²) >= 11 is 0. The molecular formula is C12H4F5NO5S. The minimum atomic E-state index is -5.21. The molecule has 2 aromatic carbocycles. The van der Waals surface area contributed by atoms with Crippen LogP contribution >= 0.6 is 0 Å². The van der Waals surface area contributed by atoms with Gasteiger partial charge in [-0.15, -0.1) is 0 Å². The zero-order chi connectivity index (χ0) is 18.4. The van der Waals surface area contributed by atoms with Crippen molar-refractivity contribution in [3.63, 3.8) is 0 Å². The van der Waals surface area contributed by atoms with Gasteiger partial charge >= 0.3 is 10.1 Å². The predicted octanol–water partition coefficient (Wildman–Crippen LogP) is 3.20. The van der Waals surface area contributed by atoms with Gasteiger partial charge in [-0.3, -0.25) is 14.7 Å². The molecule has 2 rings (SSSR count). The lowest BCUT2D eigenvalue weighted by Crippen LogP contribution is -2.08. The summed E-state index contributed by atoms with van der Waals surface area (Å²) in [5.41, 5.74) is -4.44. The van der Waals surface area contributed by atoms with Crippen LogP contribution in [0.2, 0.25) is 0 Å². The lowest BCUT2D eigenvalue weighted by molar-refractivity contribution is -0.387. The van der Waals surface area contributed by atoms with E-state index in [9.17, 15) is 40.5 Å². The van der Waals surface area contributed by atoms with Gasteiger partial charge in [0.2, 0.25) is 5.82 Å². The highest BCUT2D eigenvalue weighted by Gasteiger charge is 2.34. The van der Waals surface area contributed by atoms with Crippen LogP contribution in [0.1, 0.15) is 0 Å². The van der Waals surface area contributed by atoms with E-state index < -0.39 is 65.8 Å². The van der Waals surface area contributed by atoms with Gasteiger partial charge in [0.15, 0.2) is 28.2 Å². The molecule has 0 aliphatic carbocycles. The number of nitrogens with zero attached hydrogens (tertiary/aromatic N) is 1. The summed E-state index contributed by atoms with van der Waals surface area (Å²) in [5, 5.41) is 11.0. The summed E-state index contributed by atoms with van der Waals surface area (Å²) in [7, 11) is -5.21. The quantitative estimate of drug-likeness (QED) is 0.224. The third kappa shape index (κ3) is 2.69. The maximum atomic E-state index is 13.8. The van der Waals surface area contributed by atoms with Crippen molar-refractivity contribution in [2.45, 2.75) is 4.90 Å². The molecule has 128 valence electrons. The van der Waals surface area contributed by atoms with Crippen LogP contribution in [0.4, 0.5) is 27.6 Å². The number of benzene rings is 2. The molecule has 0 aromatic heterocycles. The Hall–Kier alpha value is -2.60. The number of hydrogen-bond donors (Lipinski definition) is 1. The average Bonchev–Trinajstić information content (AvgIpc) is 2.50. The highest BCUT2D eigenvalue weighted by atomic mass is 32.2. The molecule has 0 spiro atoms. The van der Waals surface area contributed by atoms with Crippen molar-refractivity contribution in [1.82, 2.24) is 0 Å². The van der Waals surface area contributed by atoms with Gasteiger partial charge in [-0.05, 0) is 12.1 Å². The first kappa shape index (κ1) is 17.7. The van der Waals surface area contributed by atoms with Crippen molar-refractivity contribution in [1.29, 1.82) is 0 Å². The third-order valence-electron chi connectivity index (χ3n) is 2.94. The molecule has 0 heterocycles. The number of para-hydroxylation sites is 1. The van der Waals surface area contributed by atoms with E-state index >= 15 is 0 Å². The Balaban J connectivity index is 3.03. The molecule has 12 heteroatoms. The molecule has 0 saturated heterocycles. The zero-order valence-corrected chi connectivity index (χ0v) is 11.9. The summed E-state index contributed by atoms with van der Waals surface area (Å²) in [4.78, 5) is 8.24. The van der Waals surface area contributed by atoms with Gasteiger partial charge in [0.1, 0.15) is 0 Å². The topological polar surface area (TPSA) is 97.5 Å². The van der Waals surface area contributed by atoms with Crippen LogP contribution in [0.15, 0.2) is 23.1 Å². The van der Waals surface area contributed by atoms with Crippen LogP contribution in [0, 0.1) is 39.2 Å². The fraction of sp³-hybridized carbons (Fsp3) is 0. The molecule has 0 bridgehead atoms. The Labute approximate surface area is 130 Å². The molecule has 1 N–H and O–H groups in total. The van der Waals surface area contributed by atoms with E-state index in [4.69, 9.17) is 4.55 Å². The molecule has 24 heavy (non-hydrogen) atoms. The molecule has 0 saturated carbocycles. The molecule has 0 amide bonds. The lowest BCUT2D eigenvalue weighted by atomic mass is 10.0. The average molecular weight is 369 g/mol. The number of rotatable bonds is 3. The normalized spacial score (nSPS) is 11.6. The number of nitro benzene ring substituents is 1. The van der Waals surface area contributed by atoms with Crippen molar-refractivity contribution in [2.24, 2.45) is 0 Å². The summed E-state index contributed by atoms with van der Waals surface area (Å²) in [6.45, 7) is 0. The summed E-state index contributed by atoms with van der Waals surface area (Å²) in [6.07, 6.45) is 0. The van der Waals surface area contributed by atoms with E-state index in [0.29, 0.717) is 12.1 Å². The van der Waals surface area contributed by atoms with Crippen LogP contribution in [-0.4, -0.2) is 17.9 Å². The molecule has 0 unspecified atom stereocenters. The van der Waals surface area contributed by atoms with E-state index in [1.165, 1.54) is 0 Å². The summed E-state index contributed by atoms with van der Waals surface area (Å²) < 4.78 is 98.4. The van der Waals surface area contributed by atoms with Crippen LogP contribution < -0.4 is 0 Å². The smallest absolute Gasteiger partial charge is 0.282 e. The van der Waals surface area contributed by atoms with Crippen LogP contribution in [-0.2, 0) is 10.1 Å². The highest BCUT2D eigenvalue weighted by molar-refractivity contribution is 7.86. The minimum Gasteiger partial charge on any atom is -0.282 e. The van der Waals surface area contributed by atoms with E-state index in [0.717, 1.165) is 6.07 Å². The Morgan fingerprint density at radius 1 is 0.917 bits per heavy atom. The Morgan fingerprint density at radius 3 is 1.79 bits per heavy atom. The third-order valence-corrected chi connectivity index (χ3v) is 3.82. The van der Waals surface area contributed by atoms with Crippen molar-refractivity contribution in [3.8, 4) is 11.1 Å². The summed E-state index contributed by atoms with van der Waals surface area (Å²) in [5.74, 6) is -12.0. The van der Waals surface area contributed by atoms with Gasteiger partial charge in [0.05, 0.1) is 16.1 Å².